The van der Waals surface area contributed by atoms with Gasteiger partial charge in [-0.1, -0.05) is 13.8 Å². The maximum atomic E-state index is 13.6. The normalized spacial score (nSPS) is 24.7. The van der Waals surface area contributed by atoms with Crippen LogP contribution < -0.4 is 16.8 Å². The van der Waals surface area contributed by atoms with Crippen LogP contribution in [-0.2, 0) is 24.7 Å². The Morgan fingerprint density at radius 1 is 1.37 bits per heavy atom. The van der Waals surface area contributed by atoms with E-state index >= 15 is 0 Å². The van der Waals surface area contributed by atoms with E-state index in [1.165, 1.54) is 27.7 Å². The smallest absolute Gasteiger partial charge is 0.255 e. The predicted octanol–water partition coefficient (Wildman–Crippen LogP) is -1.16. The Morgan fingerprint density at radius 3 is 2.60 bits per heavy atom. The van der Waals surface area contributed by atoms with Crippen LogP contribution in [0.4, 0.5) is 5.82 Å². The van der Waals surface area contributed by atoms with Crippen LogP contribution >= 0.6 is 0 Å². The molecule has 5 N–H and O–H groups in total. The van der Waals surface area contributed by atoms with Crippen LogP contribution in [-0.4, -0.2) is 74.9 Å². The Bertz CT molecular complexity index is 880. The van der Waals surface area contributed by atoms with Gasteiger partial charge in [-0.2, -0.15) is 5.10 Å². The largest absolute Gasteiger partial charge is 0.368 e. The number of nitrogens with zero attached hydrogens (tertiary/aromatic N) is 4. The number of fused-ring (bicyclic) bond motifs is 2. The molecule has 4 amide bonds. The number of amides is 4. The van der Waals surface area contributed by atoms with Crippen LogP contribution in [0.1, 0.15) is 33.6 Å². The van der Waals surface area contributed by atoms with E-state index in [-0.39, 0.29) is 30.7 Å². The zero-order valence-electron chi connectivity index (χ0n) is 17.7. The summed E-state index contributed by atoms with van der Waals surface area (Å²) in [5.41, 5.74) is 10.1. The SMILES string of the molecule is CC(C)C[C@@H](C(=O)N1CC2(C[C@H]1C(N)=O)C(=O)Nc1ccnn12)N(C)C(=O)[C@H](C)N. The van der Waals surface area contributed by atoms with Gasteiger partial charge in [0.05, 0.1) is 18.8 Å². The zero-order valence-corrected chi connectivity index (χ0v) is 17.7. The molecule has 0 saturated carbocycles. The van der Waals surface area contributed by atoms with Gasteiger partial charge in [-0.15, -0.1) is 0 Å². The molecule has 3 heterocycles. The fraction of sp³-hybridized carbons (Fsp3) is 0.632. The lowest BCUT2D eigenvalue weighted by Gasteiger charge is -2.34. The number of primary amides is 1. The molecule has 1 aromatic rings. The number of nitrogens with one attached hydrogen (secondary N) is 1. The van der Waals surface area contributed by atoms with Crippen LogP contribution in [0.5, 0.6) is 0 Å². The highest BCUT2D eigenvalue weighted by molar-refractivity contribution is 6.03. The first kappa shape index (κ1) is 21.8. The average Bonchev–Trinajstić information content (AvgIpc) is 3.34. The topological polar surface area (TPSA) is 157 Å². The highest BCUT2D eigenvalue weighted by Crippen LogP contribution is 2.40. The fourth-order valence-corrected chi connectivity index (χ4v) is 4.30. The van der Waals surface area contributed by atoms with Crippen LogP contribution in [0.3, 0.4) is 0 Å². The molecule has 4 atom stereocenters. The van der Waals surface area contributed by atoms with Crippen molar-refractivity contribution in [3.8, 4) is 0 Å². The van der Waals surface area contributed by atoms with Crippen molar-refractivity contribution in [3.63, 3.8) is 0 Å². The van der Waals surface area contributed by atoms with Gasteiger partial charge in [0.2, 0.25) is 17.7 Å². The van der Waals surface area contributed by atoms with Gasteiger partial charge in [0.15, 0.2) is 5.54 Å². The molecular formula is C19H29N7O4. The third-order valence-corrected chi connectivity index (χ3v) is 5.85. The summed E-state index contributed by atoms with van der Waals surface area (Å²) in [5, 5.41) is 6.95. The molecule has 1 unspecified atom stereocenters. The molecule has 1 saturated heterocycles. The number of nitrogens with two attached hydrogens (primary N) is 2. The van der Waals surface area contributed by atoms with Crippen molar-refractivity contribution in [2.75, 3.05) is 18.9 Å². The van der Waals surface area contributed by atoms with Crippen molar-refractivity contribution in [2.24, 2.45) is 17.4 Å². The standard InChI is InChI=1S/C19H29N7O4/c1-10(2)7-12(24(4)16(28)11(3)20)17(29)25-9-19(8-13(25)15(21)27)18(30)23-14-5-6-22-26(14)19/h5-6,10-13H,7-9,20H2,1-4H3,(H2,21,27)(H,23,30)/t11-,12-,13-,19?/m0/s1. The van der Waals surface area contributed by atoms with E-state index in [1.807, 2.05) is 13.8 Å². The van der Waals surface area contributed by atoms with E-state index < -0.39 is 35.5 Å². The number of likely N-dealkylation sites (N-methyl/N-ethyl adjacent to an activating group) is 1. The molecule has 11 nitrogen and oxygen atoms in total. The lowest BCUT2D eigenvalue weighted by atomic mass is 9.96. The van der Waals surface area contributed by atoms with Gasteiger partial charge in [-0.3, -0.25) is 19.2 Å². The van der Waals surface area contributed by atoms with Crippen LogP contribution in [0.15, 0.2) is 12.3 Å². The maximum Gasteiger partial charge on any atom is 0.255 e. The van der Waals surface area contributed by atoms with Gasteiger partial charge in [0.1, 0.15) is 17.9 Å². The summed E-state index contributed by atoms with van der Waals surface area (Å²) in [6.07, 6.45) is 1.94. The number of likely N-dealkylation sites (tertiary alicyclic amines) is 1. The molecule has 0 radical (unpaired) electrons. The van der Waals surface area contributed by atoms with E-state index in [1.54, 1.807) is 13.0 Å². The molecule has 11 heteroatoms. The molecule has 3 rings (SSSR count). The quantitative estimate of drug-likeness (QED) is 0.528. The number of aromatic nitrogens is 2. The van der Waals surface area contributed by atoms with Gasteiger partial charge >= 0.3 is 0 Å². The summed E-state index contributed by atoms with van der Waals surface area (Å²) in [6, 6.07) is -0.956. The van der Waals surface area contributed by atoms with Crippen molar-refractivity contribution < 1.29 is 19.2 Å². The lowest BCUT2D eigenvalue weighted by molar-refractivity contribution is -0.148. The Balaban J connectivity index is 1.97. The van der Waals surface area contributed by atoms with E-state index in [9.17, 15) is 19.2 Å². The second-order valence-electron chi connectivity index (χ2n) is 8.59. The molecule has 2 aliphatic rings. The summed E-state index contributed by atoms with van der Waals surface area (Å²) in [6.45, 7) is 5.35. The number of hydrogen-bond acceptors (Lipinski definition) is 6. The number of rotatable bonds is 6. The van der Waals surface area contributed by atoms with Crippen LogP contribution in [0.2, 0.25) is 0 Å². The first-order valence-corrected chi connectivity index (χ1v) is 9.97. The minimum atomic E-state index is -1.21. The van der Waals surface area contributed by atoms with Crippen molar-refractivity contribution in [1.82, 2.24) is 19.6 Å². The summed E-state index contributed by atoms with van der Waals surface area (Å²) >= 11 is 0. The van der Waals surface area contributed by atoms with Gasteiger partial charge in [0.25, 0.3) is 5.91 Å². The third kappa shape index (κ3) is 3.42. The molecule has 1 aromatic heterocycles. The van der Waals surface area contributed by atoms with Crippen molar-refractivity contribution >= 4 is 29.4 Å². The van der Waals surface area contributed by atoms with E-state index in [4.69, 9.17) is 11.5 Å². The Labute approximate surface area is 174 Å². The molecule has 0 bridgehead atoms. The molecule has 2 aliphatic heterocycles. The van der Waals surface area contributed by atoms with Crippen LogP contribution in [0.25, 0.3) is 0 Å². The third-order valence-electron chi connectivity index (χ3n) is 5.85. The maximum absolute atomic E-state index is 13.6. The van der Waals surface area contributed by atoms with Gasteiger partial charge in [-0.05, 0) is 19.3 Å². The summed E-state index contributed by atoms with van der Waals surface area (Å²) in [4.78, 5) is 53.7. The van der Waals surface area contributed by atoms with Gasteiger partial charge in [-0.25, -0.2) is 4.68 Å². The highest BCUT2D eigenvalue weighted by Gasteiger charge is 2.58. The van der Waals surface area contributed by atoms with Crippen molar-refractivity contribution in [3.05, 3.63) is 12.3 Å². The summed E-state index contributed by atoms with van der Waals surface area (Å²) in [5.74, 6) is -1.27. The minimum absolute atomic E-state index is 0.0218. The van der Waals surface area contributed by atoms with Crippen molar-refractivity contribution in [1.29, 1.82) is 0 Å². The lowest BCUT2D eigenvalue weighted by Crippen LogP contribution is -2.56. The number of hydrogen-bond donors (Lipinski definition) is 3. The average molecular weight is 419 g/mol. The van der Waals surface area contributed by atoms with Gasteiger partial charge in [0, 0.05) is 19.5 Å². The van der Waals surface area contributed by atoms with E-state index in [0.29, 0.717) is 12.2 Å². The highest BCUT2D eigenvalue weighted by atomic mass is 16.2. The van der Waals surface area contributed by atoms with Crippen LogP contribution in [0, 0.1) is 5.92 Å². The molecule has 1 spiro atoms. The molecular weight excluding hydrogens is 390 g/mol. The fourth-order valence-electron chi connectivity index (χ4n) is 4.30. The number of anilines is 1. The molecule has 164 valence electrons. The number of carbonyl (C=O) groups excluding carboxylic acids is 4. The predicted molar refractivity (Wildman–Crippen MR) is 108 cm³/mol. The first-order chi connectivity index (χ1) is 14.0. The first-order valence-electron chi connectivity index (χ1n) is 9.97. The second kappa shape index (κ2) is 7.71. The minimum Gasteiger partial charge on any atom is -0.368 e. The summed E-state index contributed by atoms with van der Waals surface area (Å²) < 4.78 is 1.51. The van der Waals surface area contributed by atoms with Crippen molar-refractivity contribution in [2.45, 2.75) is 57.3 Å². The van der Waals surface area contributed by atoms with Gasteiger partial charge < -0.3 is 26.6 Å². The Hall–Kier alpha value is -2.95. The Morgan fingerprint density at radius 2 is 2.03 bits per heavy atom. The molecule has 0 aromatic carbocycles. The van der Waals surface area contributed by atoms with E-state index in [0.717, 1.165) is 0 Å². The van der Waals surface area contributed by atoms with E-state index in [2.05, 4.69) is 10.4 Å². The summed E-state index contributed by atoms with van der Waals surface area (Å²) in [7, 11) is 1.52. The molecule has 30 heavy (non-hydrogen) atoms. The molecule has 0 aliphatic carbocycles. The number of carbonyl (C=O) groups is 4. The monoisotopic (exact) mass is 419 g/mol. The second-order valence-corrected chi connectivity index (χ2v) is 8.59. The molecule has 1 fully saturated rings. The zero-order chi connectivity index (χ0) is 22.4. The Kier molecular flexibility index (Phi) is 5.59.